The number of nitrogens with zero attached hydrogens (tertiary/aromatic N) is 1. The Kier molecular flexibility index (Phi) is 4.27. The van der Waals surface area contributed by atoms with Crippen LogP contribution in [-0.4, -0.2) is 10.9 Å². The fourth-order valence-electron chi connectivity index (χ4n) is 1.65. The molecule has 2 rings (SSSR count). The van der Waals surface area contributed by atoms with Crippen LogP contribution < -0.4 is 5.32 Å². The summed E-state index contributed by atoms with van der Waals surface area (Å²) < 4.78 is 14.0. The van der Waals surface area contributed by atoms with Crippen LogP contribution in [0.25, 0.3) is 0 Å². The van der Waals surface area contributed by atoms with E-state index in [1.807, 2.05) is 31.2 Å². The normalized spacial score (nSPS) is 11.9. The van der Waals surface area contributed by atoms with Crippen LogP contribution in [-0.2, 0) is 0 Å². The van der Waals surface area contributed by atoms with Crippen LogP contribution in [0.2, 0.25) is 0 Å². The molecule has 0 saturated heterocycles. The third-order valence-electron chi connectivity index (χ3n) is 2.68. The summed E-state index contributed by atoms with van der Waals surface area (Å²) in [5.41, 5.74) is 1.19. The van der Waals surface area contributed by atoms with Gasteiger partial charge in [-0.25, -0.2) is 4.39 Å². The van der Waals surface area contributed by atoms with E-state index in [4.69, 9.17) is 0 Å². The maximum absolute atomic E-state index is 13.0. The smallest absolute Gasteiger partial charge is 0.253 e. The summed E-state index contributed by atoms with van der Waals surface area (Å²) in [6.07, 6.45) is 2.40. The zero-order valence-corrected chi connectivity index (χ0v) is 11.8. The van der Waals surface area contributed by atoms with Gasteiger partial charge < -0.3 is 5.32 Å². The van der Waals surface area contributed by atoms with Gasteiger partial charge in [-0.15, -0.1) is 0 Å². The molecule has 3 nitrogen and oxygen atoms in total. The van der Waals surface area contributed by atoms with Crippen LogP contribution in [0.15, 0.2) is 47.2 Å². The second-order valence-corrected chi connectivity index (χ2v) is 5.05. The number of hydrogen-bond acceptors (Lipinski definition) is 2. The molecule has 1 aromatic carbocycles. The summed E-state index contributed by atoms with van der Waals surface area (Å²) in [7, 11) is 0. The fourth-order valence-corrected chi connectivity index (χ4v) is 1.92. The molecule has 0 aliphatic heterocycles. The van der Waals surface area contributed by atoms with Crippen LogP contribution in [0.3, 0.4) is 0 Å². The Hall–Kier alpha value is -1.75. The Bertz CT molecular complexity index is 586. The lowest BCUT2D eigenvalue weighted by molar-refractivity contribution is 0.0939. The Balaban J connectivity index is 2.08. The highest BCUT2D eigenvalue weighted by molar-refractivity contribution is 9.10. The number of hydrogen-bond donors (Lipinski definition) is 1. The van der Waals surface area contributed by atoms with Gasteiger partial charge in [-0.3, -0.25) is 9.78 Å². The van der Waals surface area contributed by atoms with Gasteiger partial charge in [0.15, 0.2) is 0 Å². The van der Waals surface area contributed by atoms with Gasteiger partial charge in [0.25, 0.3) is 5.91 Å². The van der Waals surface area contributed by atoms with Crippen molar-refractivity contribution in [3.63, 3.8) is 0 Å². The largest absolute Gasteiger partial charge is 0.345 e. The molecular formula is C14H12BrFN2O. The Labute approximate surface area is 119 Å². The van der Waals surface area contributed by atoms with Crippen molar-refractivity contribution in [3.05, 3.63) is 64.1 Å². The summed E-state index contributed by atoms with van der Waals surface area (Å²) in [6, 6.07) is 8.64. The second-order valence-electron chi connectivity index (χ2n) is 4.14. The van der Waals surface area contributed by atoms with Crippen LogP contribution in [0.4, 0.5) is 4.39 Å². The number of rotatable bonds is 3. The van der Waals surface area contributed by atoms with E-state index in [2.05, 4.69) is 26.2 Å². The third-order valence-corrected chi connectivity index (χ3v) is 3.21. The molecule has 1 N–H and O–H groups in total. The molecule has 1 aromatic heterocycles. The number of halogens is 2. The van der Waals surface area contributed by atoms with E-state index in [0.29, 0.717) is 0 Å². The first kappa shape index (κ1) is 13.7. The summed E-state index contributed by atoms with van der Waals surface area (Å²) in [6.45, 7) is 1.87. The molecule has 1 atom stereocenters. The molecule has 0 aliphatic rings. The van der Waals surface area contributed by atoms with Crippen LogP contribution in [0.5, 0.6) is 0 Å². The third kappa shape index (κ3) is 3.61. The van der Waals surface area contributed by atoms with Gasteiger partial charge >= 0.3 is 0 Å². The highest BCUT2D eigenvalue weighted by atomic mass is 79.9. The van der Waals surface area contributed by atoms with Crippen LogP contribution in [0, 0.1) is 5.82 Å². The molecule has 0 fully saturated rings. The van der Waals surface area contributed by atoms with Crippen molar-refractivity contribution >= 4 is 21.8 Å². The van der Waals surface area contributed by atoms with Crippen molar-refractivity contribution in [1.82, 2.24) is 10.3 Å². The van der Waals surface area contributed by atoms with Crippen molar-refractivity contribution in [2.75, 3.05) is 0 Å². The standard InChI is InChI=1S/C14H12BrFN2O/c1-9(10-2-4-12(15)5-3-10)18-14(19)11-6-13(16)8-17-7-11/h2-9H,1H3,(H,18,19). The summed E-state index contributed by atoms with van der Waals surface area (Å²) in [5.74, 6) is -0.869. The predicted octanol–water partition coefficient (Wildman–Crippen LogP) is 3.47. The van der Waals surface area contributed by atoms with Gasteiger partial charge in [0.1, 0.15) is 5.82 Å². The zero-order chi connectivity index (χ0) is 13.8. The van der Waals surface area contributed by atoms with Crippen molar-refractivity contribution in [2.24, 2.45) is 0 Å². The first-order valence-electron chi connectivity index (χ1n) is 5.73. The lowest BCUT2D eigenvalue weighted by atomic mass is 10.1. The van der Waals surface area contributed by atoms with E-state index in [1.54, 1.807) is 0 Å². The molecule has 0 aliphatic carbocycles. The monoisotopic (exact) mass is 322 g/mol. The maximum Gasteiger partial charge on any atom is 0.253 e. The van der Waals surface area contributed by atoms with Gasteiger partial charge in [-0.2, -0.15) is 0 Å². The van der Waals surface area contributed by atoms with Gasteiger partial charge in [-0.1, -0.05) is 28.1 Å². The molecule has 0 spiro atoms. The lowest BCUT2D eigenvalue weighted by Gasteiger charge is -2.14. The molecule has 98 valence electrons. The number of carbonyl (C=O) groups excluding carboxylic acids is 1. The highest BCUT2D eigenvalue weighted by Crippen LogP contribution is 2.17. The van der Waals surface area contributed by atoms with Gasteiger partial charge in [0.2, 0.25) is 0 Å². The number of benzene rings is 1. The van der Waals surface area contributed by atoms with Crippen LogP contribution in [0.1, 0.15) is 28.9 Å². The second kappa shape index (κ2) is 5.93. The molecule has 0 radical (unpaired) electrons. The molecule has 1 unspecified atom stereocenters. The number of aromatic nitrogens is 1. The van der Waals surface area contributed by atoms with Crippen molar-refractivity contribution in [2.45, 2.75) is 13.0 Å². The number of carbonyl (C=O) groups is 1. The lowest BCUT2D eigenvalue weighted by Crippen LogP contribution is -2.26. The highest BCUT2D eigenvalue weighted by Gasteiger charge is 2.12. The van der Waals surface area contributed by atoms with Crippen molar-refractivity contribution in [3.8, 4) is 0 Å². The first-order chi connectivity index (χ1) is 9.06. The maximum atomic E-state index is 13.0. The Morgan fingerprint density at radius 1 is 1.32 bits per heavy atom. The predicted molar refractivity (Wildman–Crippen MR) is 74.2 cm³/mol. The van der Waals surface area contributed by atoms with Gasteiger partial charge in [0, 0.05) is 10.7 Å². The minimum absolute atomic E-state index is 0.163. The van der Waals surface area contributed by atoms with Gasteiger partial charge in [0.05, 0.1) is 17.8 Å². The molecule has 0 saturated carbocycles. The van der Waals surface area contributed by atoms with E-state index in [-0.39, 0.29) is 17.5 Å². The average molecular weight is 323 g/mol. The van der Waals surface area contributed by atoms with Gasteiger partial charge in [-0.05, 0) is 30.7 Å². The Morgan fingerprint density at radius 3 is 2.63 bits per heavy atom. The molecule has 19 heavy (non-hydrogen) atoms. The van der Waals surface area contributed by atoms with E-state index >= 15 is 0 Å². The summed E-state index contributed by atoms with van der Waals surface area (Å²) in [5, 5.41) is 2.80. The minimum atomic E-state index is -0.524. The van der Waals surface area contributed by atoms with E-state index in [9.17, 15) is 9.18 Å². The minimum Gasteiger partial charge on any atom is -0.345 e. The molecule has 1 heterocycles. The van der Waals surface area contributed by atoms with E-state index < -0.39 is 5.82 Å². The number of nitrogens with one attached hydrogen (secondary N) is 1. The molecule has 0 bridgehead atoms. The van der Waals surface area contributed by atoms with Crippen molar-refractivity contribution in [1.29, 1.82) is 0 Å². The van der Waals surface area contributed by atoms with Crippen LogP contribution >= 0.6 is 15.9 Å². The molecule has 1 amide bonds. The summed E-state index contributed by atoms with van der Waals surface area (Å²) >= 11 is 3.35. The van der Waals surface area contributed by atoms with Crippen molar-refractivity contribution < 1.29 is 9.18 Å². The summed E-state index contributed by atoms with van der Waals surface area (Å²) in [4.78, 5) is 15.6. The molecular weight excluding hydrogens is 311 g/mol. The van der Waals surface area contributed by atoms with E-state index in [0.717, 1.165) is 22.3 Å². The molecule has 5 heteroatoms. The number of pyridine rings is 1. The Morgan fingerprint density at radius 2 is 2.00 bits per heavy atom. The SMILES string of the molecule is CC(NC(=O)c1cncc(F)c1)c1ccc(Br)cc1. The zero-order valence-electron chi connectivity index (χ0n) is 10.2. The quantitative estimate of drug-likeness (QED) is 0.940. The molecule has 2 aromatic rings. The van der Waals surface area contributed by atoms with E-state index in [1.165, 1.54) is 6.20 Å². The topological polar surface area (TPSA) is 42.0 Å². The number of amides is 1. The fraction of sp³-hybridized carbons (Fsp3) is 0.143. The average Bonchev–Trinajstić information content (AvgIpc) is 2.39. The first-order valence-corrected chi connectivity index (χ1v) is 6.52.